The van der Waals surface area contributed by atoms with Gasteiger partial charge in [-0.25, -0.2) is 15.0 Å². The van der Waals surface area contributed by atoms with Gasteiger partial charge in [-0.3, -0.25) is 0 Å². The molecule has 0 aliphatic carbocycles. The standard InChI is InChI=1S/C55H35N3/c1-3-16-36(17-4-1)37-30-32-40(33-31-37)54-56-53(39-19-5-2-6-20-39)57-55(58-54)50-35-34-49(42-23-9-10-24-43(42)50)52-47-27-13-11-25-45(47)51(46-26-12-14-28-48(46)52)44-29-15-21-38-18-7-8-22-41(38)44/h1-35H. The molecule has 11 aromatic rings. The highest BCUT2D eigenvalue weighted by molar-refractivity contribution is 6.25. The van der Waals surface area contributed by atoms with Crippen molar-refractivity contribution >= 4 is 43.1 Å². The Balaban J connectivity index is 1.13. The number of nitrogens with zero attached hydrogens (tertiary/aromatic N) is 3. The second kappa shape index (κ2) is 14.1. The van der Waals surface area contributed by atoms with Crippen LogP contribution in [0, 0.1) is 0 Å². The van der Waals surface area contributed by atoms with E-state index in [9.17, 15) is 0 Å². The molecule has 0 radical (unpaired) electrons. The lowest BCUT2D eigenvalue weighted by Gasteiger charge is -2.20. The Morgan fingerprint density at radius 2 is 0.569 bits per heavy atom. The van der Waals surface area contributed by atoms with Gasteiger partial charge in [-0.1, -0.05) is 206 Å². The van der Waals surface area contributed by atoms with Gasteiger partial charge in [-0.05, 0) is 82.5 Å². The predicted molar refractivity (Wildman–Crippen MR) is 242 cm³/mol. The smallest absolute Gasteiger partial charge is 0.164 e. The van der Waals surface area contributed by atoms with E-state index in [2.05, 4.69) is 188 Å². The average Bonchev–Trinajstić information content (AvgIpc) is 3.31. The number of fused-ring (bicyclic) bond motifs is 4. The summed E-state index contributed by atoms with van der Waals surface area (Å²) in [6, 6.07) is 75.3. The first-order valence-corrected chi connectivity index (χ1v) is 19.7. The molecule has 0 spiro atoms. The van der Waals surface area contributed by atoms with Crippen molar-refractivity contribution in [2.24, 2.45) is 0 Å². The monoisotopic (exact) mass is 737 g/mol. The maximum atomic E-state index is 5.20. The van der Waals surface area contributed by atoms with Crippen LogP contribution in [0.25, 0.3) is 111 Å². The van der Waals surface area contributed by atoms with Crippen molar-refractivity contribution in [2.45, 2.75) is 0 Å². The first-order chi connectivity index (χ1) is 28.8. The molecule has 3 heteroatoms. The van der Waals surface area contributed by atoms with Gasteiger partial charge in [0.25, 0.3) is 0 Å². The number of hydrogen-bond acceptors (Lipinski definition) is 3. The third kappa shape index (κ3) is 5.72. The van der Waals surface area contributed by atoms with E-state index in [0.717, 1.165) is 33.0 Å². The zero-order chi connectivity index (χ0) is 38.4. The summed E-state index contributed by atoms with van der Waals surface area (Å²) < 4.78 is 0. The fourth-order valence-corrected chi connectivity index (χ4v) is 8.65. The van der Waals surface area contributed by atoms with Crippen molar-refractivity contribution in [3.05, 3.63) is 212 Å². The molecule has 0 atom stereocenters. The van der Waals surface area contributed by atoms with Crippen molar-refractivity contribution in [2.75, 3.05) is 0 Å². The van der Waals surface area contributed by atoms with Gasteiger partial charge < -0.3 is 0 Å². The van der Waals surface area contributed by atoms with Crippen molar-refractivity contribution < 1.29 is 0 Å². The van der Waals surface area contributed by atoms with Crippen LogP contribution in [0.4, 0.5) is 0 Å². The zero-order valence-electron chi connectivity index (χ0n) is 31.5. The van der Waals surface area contributed by atoms with Gasteiger partial charge in [0.15, 0.2) is 17.5 Å². The lowest BCUT2D eigenvalue weighted by atomic mass is 9.83. The molecule has 270 valence electrons. The van der Waals surface area contributed by atoms with Crippen LogP contribution in [0.1, 0.15) is 0 Å². The molecule has 58 heavy (non-hydrogen) atoms. The number of rotatable bonds is 6. The van der Waals surface area contributed by atoms with Crippen molar-refractivity contribution in [1.29, 1.82) is 0 Å². The molecule has 0 bridgehead atoms. The van der Waals surface area contributed by atoms with Crippen molar-refractivity contribution in [3.8, 4) is 67.5 Å². The van der Waals surface area contributed by atoms with E-state index in [1.54, 1.807) is 0 Å². The van der Waals surface area contributed by atoms with Gasteiger partial charge >= 0.3 is 0 Å². The molecule has 0 saturated heterocycles. The Labute approximate surface area is 336 Å². The summed E-state index contributed by atoms with van der Waals surface area (Å²) in [6.45, 7) is 0. The van der Waals surface area contributed by atoms with Gasteiger partial charge in [0.2, 0.25) is 0 Å². The molecule has 0 fully saturated rings. The van der Waals surface area contributed by atoms with E-state index in [1.807, 2.05) is 24.3 Å². The Bertz CT molecular complexity index is 3260. The summed E-state index contributed by atoms with van der Waals surface area (Å²) >= 11 is 0. The first-order valence-electron chi connectivity index (χ1n) is 19.7. The van der Waals surface area contributed by atoms with Gasteiger partial charge in [0.05, 0.1) is 0 Å². The molecule has 11 rings (SSSR count). The second-order valence-corrected chi connectivity index (χ2v) is 14.7. The third-order valence-corrected chi connectivity index (χ3v) is 11.3. The van der Waals surface area contributed by atoms with Crippen molar-refractivity contribution in [3.63, 3.8) is 0 Å². The molecule has 0 unspecified atom stereocenters. The van der Waals surface area contributed by atoms with E-state index >= 15 is 0 Å². The van der Waals surface area contributed by atoms with Crippen LogP contribution in [0.15, 0.2) is 212 Å². The van der Waals surface area contributed by atoms with Gasteiger partial charge in [-0.15, -0.1) is 0 Å². The average molecular weight is 738 g/mol. The molecular weight excluding hydrogens is 703 g/mol. The van der Waals surface area contributed by atoms with Crippen LogP contribution in [0.2, 0.25) is 0 Å². The van der Waals surface area contributed by atoms with E-state index in [-0.39, 0.29) is 0 Å². The lowest BCUT2D eigenvalue weighted by Crippen LogP contribution is -2.01. The molecule has 1 aromatic heterocycles. The summed E-state index contributed by atoms with van der Waals surface area (Å²) in [5.74, 6) is 1.92. The number of hydrogen-bond donors (Lipinski definition) is 0. The maximum absolute atomic E-state index is 5.20. The van der Waals surface area contributed by atoms with E-state index in [0.29, 0.717) is 17.5 Å². The minimum Gasteiger partial charge on any atom is -0.208 e. The summed E-state index contributed by atoms with van der Waals surface area (Å²) in [5.41, 5.74) is 10.1. The van der Waals surface area contributed by atoms with Crippen molar-refractivity contribution in [1.82, 2.24) is 15.0 Å². The predicted octanol–water partition coefficient (Wildman–Crippen LogP) is 14.5. The molecular formula is C55H35N3. The number of aromatic nitrogens is 3. The Morgan fingerprint density at radius 3 is 1.16 bits per heavy atom. The summed E-state index contributed by atoms with van der Waals surface area (Å²) in [4.78, 5) is 15.4. The summed E-state index contributed by atoms with van der Waals surface area (Å²) in [6.07, 6.45) is 0. The van der Waals surface area contributed by atoms with E-state index < -0.39 is 0 Å². The quantitative estimate of drug-likeness (QED) is 0.160. The lowest BCUT2D eigenvalue weighted by molar-refractivity contribution is 1.08. The molecule has 0 amide bonds. The van der Waals surface area contributed by atoms with Crippen LogP contribution in [-0.4, -0.2) is 15.0 Å². The first kappa shape index (κ1) is 33.6. The van der Waals surface area contributed by atoms with Gasteiger partial charge in [-0.2, -0.15) is 0 Å². The van der Waals surface area contributed by atoms with Gasteiger partial charge in [0, 0.05) is 16.7 Å². The van der Waals surface area contributed by atoms with Gasteiger partial charge in [0.1, 0.15) is 0 Å². The highest BCUT2D eigenvalue weighted by Crippen LogP contribution is 2.47. The van der Waals surface area contributed by atoms with Crippen LogP contribution in [-0.2, 0) is 0 Å². The van der Waals surface area contributed by atoms with E-state index in [4.69, 9.17) is 15.0 Å². The summed E-state index contributed by atoms with van der Waals surface area (Å²) in [5, 5.41) is 9.61. The Morgan fingerprint density at radius 1 is 0.207 bits per heavy atom. The van der Waals surface area contributed by atoms with Crippen LogP contribution >= 0.6 is 0 Å². The molecule has 10 aromatic carbocycles. The third-order valence-electron chi connectivity index (χ3n) is 11.3. The minimum atomic E-state index is 0.637. The largest absolute Gasteiger partial charge is 0.208 e. The molecule has 0 aliphatic heterocycles. The SMILES string of the molecule is c1ccc(-c2ccc(-c3nc(-c4ccccc4)nc(-c4ccc(-c5c6ccccc6c(-c6cccc7ccccc67)c6ccccc56)c5ccccc45)n3)cc2)cc1. The van der Waals surface area contributed by atoms with Crippen LogP contribution in [0.3, 0.4) is 0 Å². The number of benzene rings is 10. The molecule has 3 nitrogen and oxygen atoms in total. The molecule has 0 saturated carbocycles. The molecule has 1 heterocycles. The summed E-state index contributed by atoms with van der Waals surface area (Å²) in [7, 11) is 0. The highest BCUT2D eigenvalue weighted by atomic mass is 15.0. The Kier molecular flexibility index (Phi) is 8.15. The normalized spacial score (nSPS) is 11.4. The Hall–Kier alpha value is -7.75. The highest BCUT2D eigenvalue weighted by Gasteiger charge is 2.21. The maximum Gasteiger partial charge on any atom is 0.164 e. The minimum absolute atomic E-state index is 0.637. The molecule has 0 N–H and O–H groups in total. The molecule has 0 aliphatic rings. The van der Waals surface area contributed by atoms with E-state index in [1.165, 1.54) is 60.1 Å². The zero-order valence-corrected chi connectivity index (χ0v) is 31.5. The second-order valence-electron chi connectivity index (χ2n) is 14.7. The topological polar surface area (TPSA) is 38.7 Å². The fourth-order valence-electron chi connectivity index (χ4n) is 8.65. The fraction of sp³-hybridized carbons (Fsp3) is 0. The van der Waals surface area contributed by atoms with Crippen LogP contribution < -0.4 is 0 Å². The van der Waals surface area contributed by atoms with Crippen LogP contribution in [0.5, 0.6) is 0 Å².